The number of nitrogens with zero attached hydrogens (tertiary/aromatic N) is 2. The SMILES string of the molecule is Cc1ccc(-c2ccn(-c3ccc(Br)cc3)n2)cc1. The second-order valence-corrected chi connectivity index (χ2v) is 5.40. The predicted octanol–water partition coefficient (Wildman–Crippen LogP) is 4.61. The molecular formula is C16H13BrN2. The molecular weight excluding hydrogens is 300 g/mol. The minimum Gasteiger partial charge on any atom is -0.240 e. The van der Waals surface area contributed by atoms with Crippen molar-refractivity contribution in [2.24, 2.45) is 0 Å². The first kappa shape index (κ1) is 12.2. The van der Waals surface area contributed by atoms with Crippen molar-refractivity contribution in [3.63, 3.8) is 0 Å². The van der Waals surface area contributed by atoms with Crippen LogP contribution in [0.1, 0.15) is 5.56 Å². The molecule has 0 radical (unpaired) electrons. The van der Waals surface area contributed by atoms with Crippen LogP contribution in [0.3, 0.4) is 0 Å². The summed E-state index contributed by atoms with van der Waals surface area (Å²) < 4.78 is 2.96. The number of hydrogen-bond donors (Lipinski definition) is 0. The summed E-state index contributed by atoms with van der Waals surface area (Å²) in [6.45, 7) is 2.09. The second-order valence-electron chi connectivity index (χ2n) is 4.49. The molecule has 0 N–H and O–H groups in total. The quantitative estimate of drug-likeness (QED) is 0.675. The molecule has 0 aliphatic heterocycles. The molecule has 1 aromatic heterocycles. The van der Waals surface area contributed by atoms with Gasteiger partial charge >= 0.3 is 0 Å². The monoisotopic (exact) mass is 312 g/mol. The van der Waals surface area contributed by atoms with Gasteiger partial charge in [0.1, 0.15) is 0 Å². The van der Waals surface area contributed by atoms with Crippen LogP contribution in [0.4, 0.5) is 0 Å². The summed E-state index contributed by atoms with van der Waals surface area (Å²) in [6.07, 6.45) is 1.98. The molecule has 2 nitrogen and oxygen atoms in total. The first-order valence-corrected chi connectivity index (χ1v) is 6.90. The van der Waals surface area contributed by atoms with Crippen LogP contribution < -0.4 is 0 Å². The Morgan fingerprint density at radius 3 is 2.26 bits per heavy atom. The van der Waals surface area contributed by atoms with Crippen LogP contribution >= 0.6 is 15.9 Å². The Bertz CT molecular complexity index is 622. The molecule has 3 heteroatoms. The Morgan fingerprint density at radius 2 is 1.58 bits per heavy atom. The minimum absolute atomic E-state index is 0.989. The van der Waals surface area contributed by atoms with E-state index in [1.807, 2.05) is 41.2 Å². The number of hydrogen-bond acceptors (Lipinski definition) is 1. The summed E-state index contributed by atoms with van der Waals surface area (Å²) in [5.41, 5.74) is 4.45. The standard InChI is InChI=1S/C16H13BrN2/c1-12-2-4-13(5-3-12)16-10-11-19(18-16)15-8-6-14(17)7-9-15/h2-11H,1H3. The Morgan fingerprint density at radius 1 is 0.895 bits per heavy atom. The van der Waals surface area contributed by atoms with Crippen LogP contribution in [0.25, 0.3) is 16.9 Å². The molecule has 3 aromatic rings. The zero-order valence-electron chi connectivity index (χ0n) is 10.5. The van der Waals surface area contributed by atoms with Crippen LogP contribution in [-0.4, -0.2) is 9.78 Å². The molecule has 0 amide bonds. The van der Waals surface area contributed by atoms with Gasteiger partial charge in [-0.05, 0) is 37.3 Å². The van der Waals surface area contributed by atoms with Crippen LogP contribution in [0.15, 0.2) is 65.3 Å². The smallest absolute Gasteiger partial charge is 0.0927 e. The summed E-state index contributed by atoms with van der Waals surface area (Å²) in [4.78, 5) is 0. The largest absolute Gasteiger partial charge is 0.240 e. The summed E-state index contributed by atoms with van der Waals surface area (Å²) in [5, 5.41) is 4.61. The van der Waals surface area contributed by atoms with E-state index in [1.165, 1.54) is 5.56 Å². The van der Waals surface area contributed by atoms with E-state index >= 15 is 0 Å². The Labute approximate surface area is 120 Å². The average molecular weight is 313 g/mol. The van der Waals surface area contributed by atoms with Crippen molar-refractivity contribution in [2.75, 3.05) is 0 Å². The molecule has 0 saturated carbocycles. The van der Waals surface area contributed by atoms with Gasteiger partial charge in [0.25, 0.3) is 0 Å². The highest BCUT2D eigenvalue weighted by atomic mass is 79.9. The van der Waals surface area contributed by atoms with Gasteiger partial charge in [0.15, 0.2) is 0 Å². The second kappa shape index (κ2) is 5.02. The van der Waals surface area contributed by atoms with E-state index in [0.29, 0.717) is 0 Å². The van der Waals surface area contributed by atoms with Crippen LogP contribution in [0.2, 0.25) is 0 Å². The third-order valence-electron chi connectivity index (χ3n) is 3.03. The third kappa shape index (κ3) is 2.61. The summed E-state index contributed by atoms with van der Waals surface area (Å²) in [5.74, 6) is 0. The van der Waals surface area contributed by atoms with Crippen LogP contribution in [0, 0.1) is 6.92 Å². The molecule has 2 aromatic carbocycles. The summed E-state index contributed by atoms with van der Waals surface area (Å²) >= 11 is 3.44. The van der Waals surface area contributed by atoms with Crippen molar-refractivity contribution in [2.45, 2.75) is 6.92 Å². The number of aromatic nitrogens is 2. The fraction of sp³-hybridized carbons (Fsp3) is 0.0625. The molecule has 0 atom stereocenters. The van der Waals surface area contributed by atoms with E-state index in [2.05, 4.69) is 52.2 Å². The zero-order chi connectivity index (χ0) is 13.2. The lowest BCUT2D eigenvalue weighted by molar-refractivity contribution is 0.884. The molecule has 0 spiro atoms. The van der Waals surface area contributed by atoms with E-state index < -0.39 is 0 Å². The van der Waals surface area contributed by atoms with Crippen molar-refractivity contribution >= 4 is 15.9 Å². The molecule has 19 heavy (non-hydrogen) atoms. The maximum absolute atomic E-state index is 4.61. The number of aryl methyl sites for hydroxylation is 1. The van der Waals surface area contributed by atoms with Gasteiger partial charge in [-0.25, -0.2) is 4.68 Å². The highest BCUT2D eigenvalue weighted by Crippen LogP contribution is 2.20. The highest BCUT2D eigenvalue weighted by molar-refractivity contribution is 9.10. The predicted molar refractivity (Wildman–Crippen MR) is 81.4 cm³/mol. The van der Waals surface area contributed by atoms with Crippen molar-refractivity contribution in [1.29, 1.82) is 0 Å². The van der Waals surface area contributed by atoms with Gasteiger partial charge in [-0.2, -0.15) is 5.10 Å². The zero-order valence-corrected chi connectivity index (χ0v) is 12.1. The maximum Gasteiger partial charge on any atom is 0.0927 e. The van der Waals surface area contributed by atoms with Gasteiger partial charge in [0.05, 0.1) is 11.4 Å². The lowest BCUT2D eigenvalue weighted by Crippen LogP contribution is -1.94. The first-order valence-electron chi connectivity index (χ1n) is 6.11. The Kier molecular flexibility index (Phi) is 3.22. The average Bonchev–Trinajstić information content (AvgIpc) is 2.90. The topological polar surface area (TPSA) is 17.8 Å². The molecule has 94 valence electrons. The van der Waals surface area contributed by atoms with E-state index in [-0.39, 0.29) is 0 Å². The molecule has 0 aliphatic rings. The van der Waals surface area contributed by atoms with E-state index in [4.69, 9.17) is 0 Å². The van der Waals surface area contributed by atoms with Crippen molar-refractivity contribution < 1.29 is 0 Å². The van der Waals surface area contributed by atoms with Gasteiger partial charge in [-0.1, -0.05) is 45.8 Å². The van der Waals surface area contributed by atoms with Gasteiger partial charge < -0.3 is 0 Å². The fourth-order valence-electron chi connectivity index (χ4n) is 1.94. The van der Waals surface area contributed by atoms with Gasteiger partial charge in [-0.3, -0.25) is 0 Å². The minimum atomic E-state index is 0.989. The molecule has 0 aliphatic carbocycles. The summed E-state index contributed by atoms with van der Waals surface area (Å²) in [6, 6.07) is 18.6. The van der Waals surface area contributed by atoms with Gasteiger partial charge in [0, 0.05) is 16.2 Å². The number of halogens is 1. The van der Waals surface area contributed by atoms with E-state index in [1.54, 1.807) is 0 Å². The molecule has 0 saturated heterocycles. The normalized spacial score (nSPS) is 10.6. The van der Waals surface area contributed by atoms with Gasteiger partial charge in [0.2, 0.25) is 0 Å². The number of benzene rings is 2. The van der Waals surface area contributed by atoms with Crippen LogP contribution in [0.5, 0.6) is 0 Å². The van der Waals surface area contributed by atoms with Crippen LogP contribution in [-0.2, 0) is 0 Å². The van der Waals surface area contributed by atoms with Gasteiger partial charge in [-0.15, -0.1) is 0 Å². The molecule has 1 heterocycles. The Hall–Kier alpha value is -1.87. The lowest BCUT2D eigenvalue weighted by Gasteiger charge is -2.01. The van der Waals surface area contributed by atoms with E-state index in [9.17, 15) is 0 Å². The summed E-state index contributed by atoms with van der Waals surface area (Å²) in [7, 11) is 0. The molecule has 0 bridgehead atoms. The molecule has 3 rings (SSSR count). The van der Waals surface area contributed by atoms with Crippen molar-refractivity contribution in [1.82, 2.24) is 9.78 Å². The van der Waals surface area contributed by atoms with E-state index in [0.717, 1.165) is 21.4 Å². The van der Waals surface area contributed by atoms with Crippen molar-refractivity contribution in [3.05, 3.63) is 70.8 Å². The van der Waals surface area contributed by atoms with Crippen molar-refractivity contribution in [3.8, 4) is 16.9 Å². The Balaban J connectivity index is 1.95. The third-order valence-corrected chi connectivity index (χ3v) is 3.56. The highest BCUT2D eigenvalue weighted by Gasteiger charge is 2.03. The maximum atomic E-state index is 4.61. The first-order chi connectivity index (χ1) is 9.22. The number of rotatable bonds is 2. The fourth-order valence-corrected chi connectivity index (χ4v) is 2.20. The lowest BCUT2D eigenvalue weighted by atomic mass is 10.1. The molecule has 0 unspecified atom stereocenters. The molecule has 0 fully saturated rings.